The average Bonchev–Trinajstić information content (AvgIpc) is 2.85. The molecule has 0 radical (unpaired) electrons. The third kappa shape index (κ3) is 2.80. The molecule has 1 unspecified atom stereocenters. The highest BCUT2D eigenvalue weighted by Gasteiger charge is 2.26. The maximum Gasteiger partial charge on any atom is 0.313 e. The third-order valence-electron chi connectivity index (χ3n) is 3.26. The summed E-state index contributed by atoms with van der Waals surface area (Å²) < 4.78 is 7.07. The second kappa shape index (κ2) is 5.65. The number of nitrogen functional groups attached to an aromatic ring is 1. The minimum absolute atomic E-state index is 0.0107. The summed E-state index contributed by atoms with van der Waals surface area (Å²) in [4.78, 5) is 10.6. The zero-order chi connectivity index (χ0) is 14.8. The number of nitrogens with zero attached hydrogens (tertiary/aromatic N) is 3. The first-order valence-electron chi connectivity index (χ1n) is 6.41. The number of aromatic nitrogens is 3. The van der Waals surface area contributed by atoms with Crippen LogP contribution in [-0.4, -0.2) is 38.3 Å². The molecule has 1 aromatic carbocycles. The van der Waals surface area contributed by atoms with Crippen molar-refractivity contribution in [3.63, 3.8) is 0 Å². The first-order chi connectivity index (χ1) is 10.1. The van der Waals surface area contributed by atoms with Gasteiger partial charge >= 0.3 is 5.97 Å². The number of thioether (sulfide) groups is 1. The molecule has 0 saturated heterocycles. The lowest BCUT2D eigenvalue weighted by Crippen LogP contribution is -2.25. The Hall–Kier alpha value is -2.22. The van der Waals surface area contributed by atoms with Gasteiger partial charge in [-0.3, -0.25) is 4.79 Å². The third-order valence-corrected chi connectivity index (χ3v) is 4.19. The Labute approximate surface area is 125 Å². The number of carboxylic acid groups (broad SMARTS) is 1. The van der Waals surface area contributed by atoms with Crippen LogP contribution in [0.3, 0.4) is 0 Å². The Morgan fingerprint density at radius 1 is 1.48 bits per heavy atom. The van der Waals surface area contributed by atoms with Crippen molar-refractivity contribution in [1.82, 2.24) is 14.9 Å². The lowest BCUT2D eigenvalue weighted by molar-refractivity contribution is -0.133. The van der Waals surface area contributed by atoms with Crippen LogP contribution in [0.1, 0.15) is 17.3 Å². The van der Waals surface area contributed by atoms with Crippen LogP contribution >= 0.6 is 11.8 Å². The van der Waals surface area contributed by atoms with Crippen LogP contribution < -0.4 is 10.6 Å². The van der Waals surface area contributed by atoms with Gasteiger partial charge in [0.15, 0.2) is 5.82 Å². The second-order valence-electron chi connectivity index (χ2n) is 4.71. The molecule has 0 saturated carbocycles. The predicted molar refractivity (Wildman–Crippen MR) is 76.9 cm³/mol. The quantitative estimate of drug-likeness (QED) is 0.638. The molecule has 3 rings (SSSR count). The minimum atomic E-state index is -0.917. The van der Waals surface area contributed by atoms with Crippen molar-refractivity contribution in [2.75, 3.05) is 18.2 Å². The summed E-state index contributed by atoms with van der Waals surface area (Å²) in [6.45, 7) is 0.482. The number of rotatable bonds is 4. The van der Waals surface area contributed by atoms with Crippen LogP contribution in [0.4, 0.5) is 0 Å². The lowest BCUT2D eigenvalue weighted by atomic mass is 9.96. The molecule has 2 heterocycles. The van der Waals surface area contributed by atoms with Gasteiger partial charge < -0.3 is 15.7 Å². The Morgan fingerprint density at radius 2 is 2.29 bits per heavy atom. The maximum atomic E-state index is 10.6. The summed E-state index contributed by atoms with van der Waals surface area (Å²) >= 11 is 1.05. The number of aliphatic carboxylic acids is 1. The molecule has 0 bridgehead atoms. The number of benzene rings is 1. The standard InChI is InChI=1S/C13H14N4O3S/c14-17-12(15-16-13(17)21-7-11(18)19)9-5-8-3-1-2-4-10(8)20-6-9/h1-4,9H,5-7,14H2,(H,18,19). The van der Waals surface area contributed by atoms with Crippen LogP contribution in [0.2, 0.25) is 0 Å². The van der Waals surface area contributed by atoms with Crippen LogP contribution in [-0.2, 0) is 11.2 Å². The molecule has 21 heavy (non-hydrogen) atoms. The monoisotopic (exact) mass is 306 g/mol. The predicted octanol–water partition coefficient (Wildman–Crippen LogP) is 0.887. The van der Waals surface area contributed by atoms with Crippen molar-refractivity contribution >= 4 is 17.7 Å². The number of para-hydroxylation sites is 1. The molecule has 0 fully saturated rings. The second-order valence-corrected chi connectivity index (χ2v) is 5.66. The molecule has 3 N–H and O–H groups in total. The normalized spacial score (nSPS) is 17.0. The van der Waals surface area contributed by atoms with Crippen molar-refractivity contribution in [1.29, 1.82) is 0 Å². The van der Waals surface area contributed by atoms with Gasteiger partial charge in [-0.2, -0.15) is 0 Å². The maximum absolute atomic E-state index is 10.6. The van der Waals surface area contributed by atoms with E-state index >= 15 is 0 Å². The molecular weight excluding hydrogens is 292 g/mol. The van der Waals surface area contributed by atoms with Crippen molar-refractivity contribution in [2.45, 2.75) is 17.5 Å². The Bertz CT molecular complexity index is 673. The van der Waals surface area contributed by atoms with E-state index in [1.54, 1.807) is 0 Å². The van der Waals surface area contributed by atoms with Gasteiger partial charge in [-0.25, -0.2) is 4.68 Å². The van der Waals surface area contributed by atoms with E-state index in [9.17, 15) is 4.79 Å². The Balaban J connectivity index is 1.78. The highest BCUT2D eigenvalue weighted by molar-refractivity contribution is 7.99. The van der Waals surface area contributed by atoms with Crippen LogP contribution in [0, 0.1) is 0 Å². The largest absolute Gasteiger partial charge is 0.493 e. The topological polar surface area (TPSA) is 103 Å². The summed E-state index contributed by atoms with van der Waals surface area (Å²) in [6.07, 6.45) is 0.773. The summed E-state index contributed by atoms with van der Waals surface area (Å²) in [7, 11) is 0. The van der Waals surface area contributed by atoms with Gasteiger partial charge in [-0.1, -0.05) is 30.0 Å². The van der Waals surface area contributed by atoms with Crippen LogP contribution in [0.5, 0.6) is 5.75 Å². The van der Waals surface area contributed by atoms with E-state index in [0.29, 0.717) is 17.6 Å². The summed E-state index contributed by atoms with van der Waals surface area (Å²) in [6, 6.07) is 7.85. The number of hydrogen-bond donors (Lipinski definition) is 2. The number of hydrogen-bond acceptors (Lipinski definition) is 6. The molecule has 2 aromatic rings. The van der Waals surface area contributed by atoms with Crippen molar-refractivity contribution in [3.05, 3.63) is 35.7 Å². The minimum Gasteiger partial charge on any atom is -0.493 e. The molecular formula is C13H14N4O3S. The van der Waals surface area contributed by atoms with Gasteiger partial charge in [0.1, 0.15) is 5.75 Å². The van der Waals surface area contributed by atoms with Gasteiger partial charge in [-0.15, -0.1) is 10.2 Å². The molecule has 1 atom stereocenters. The SMILES string of the molecule is Nn1c(SCC(=O)O)nnc1C1COc2ccccc2C1. The number of fused-ring (bicyclic) bond motifs is 1. The number of nitrogens with two attached hydrogens (primary N) is 1. The molecule has 1 aromatic heterocycles. The zero-order valence-corrected chi connectivity index (χ0v) is 11.9. The fourth-order valence-corrected chi connectivity index (χ4v) is 2.87. The van der Waals surface area contributed by atoms with Crippen LogP contribution in [0.25, 0.3) is 0 Å². The molecule has 1 aliphatic heterocycles. The molecule has 1 aliphatic rings. The van der Waals surface area contributed by atoms with Gasteiger partial charge in [-0.05, 0) is 18.1 Å². The Kier molecular flexibility index (Phi) is 3.70. The van der Waals surface area contributed by atoms with E-state index in [1.807, 2.05) is 24.3 Å². The first kappa shape index (κ1) is 13.7. The molecule has 0 spiro atoms. The summed E-state index contributed by atoms with van der Waals surface area (Å²) in [5.74, 6) is 6.45. The van der Waals surface area contributed by atoms with E-state index in [4.69, 9.17) is 15.7 Å². The van der Waals surface area contributed by atoms with E-state index in [0.717, 1.165) is 29.5 Å². The van der Waals surface area contributed by atoms with Gasteiger partial charge in [0, 0.05) is 0 Å². The van der Waals surface area contributed by atoms with Gasteiger partial charge in [0.05, 0.1) is 18.3 Å². The van der Waals surface area contributed by atoms with Crippen molar-refractivity contribution in [3.8, 4) is 5.75 Å². The fourth-order valence-electron chi connectivity index (χ4n) is 2.29. The fraction of sp³-hybridized carbons (Fsp3) is 0.308. The smallest absolute Gasteiger partial charge is 0.313 e. The van der Waals surface area contributed by atoms with E-state index < -0.39 is 5.97 Å². The molecule has 110 valence electrons. The molecule has 7 nitrogen and oxygen atoms in total. The number of ether oxygens (including phenoxy) is 1. The van der Waals surface area contributed by atoms with Crippen molar-refractivity contribution in [2.24, 2.45) is 0 Å². The average molecular weight is 306 g/mol. The molecule has 0 amide bonds. The van der Waals surface area contributed by atoms with Gasteiger partial charge in [0.25, 0.3) is 0 Å². The molecule has 0 aliphatic carbocycles. The van der Waals surface area contributed by atoms with Gasteiger partial charge in [0.2, 0.25) is 5.16 Å². The lowest BCUT2D eigenvalue weighted by Gasteiger charge is -2.24. The van der Waals surface area contributed by atoms with Crippen molar-refractivity contribution < 1.29 is 14.6 Å². The Morgan fingerprint density at radius 3 is 3.10 bits per heavy atom. The van der Waals surface area contributed by atoms with E-state index in [2.05, 4.69) is 10.2 Å². The summed E-state index contributed by atoms with van der Waals surface area (Å²) in [5.41, 5.74) is 1.11. The van der Waals surface area contributed by atoms with Crippen LogP contribution in [0.15, 0.2) is 29.4 Å². The highest BCUT2D eigenvalue weighted by Crippen LogP contribution is 2.31. The molecule has 8 heteroatoms. The number of carbonyl (C=O) groups is 1. The van der Waals surface area contributed by atoms with E-state index in [1.165, 1.54) is 4.68 Å². The highest BCUT2D eigenvalue weighted by atomic mass is 32.2. The number of carboxylic acids is 1. The zero-order valence-electron chi connectivity index (χ0n) is 11.1. The first-order valence-corrected chi connectivity index (χ1v) is 7.39. The van der Waals surface area contributed by atoms with E-state index in [-0.39, 0.29) is 11.7 Å². The summed E-state index contributed by atoms with van der Waals surface area (Å²) in [5, 5.41) is 17.1.